The summed E-state index contributed by atoms with van der Waals surface area (Å²) in [4.78, 5) is 4.59. The highest BCUT2D eigenvalue weighted by atomic mass is 32.1. The van der Waals surface area contributed by atoms with Crippen LogP contribution >= 0.6 is 11.3 Å². The number of aromatic nitrogens is 3. The van der Waals surface area contributed by atoms with Crippen molar-refractivity contribution in [1.82, 2.24) is 14.8 Å². The maximum Gasteiger partial charge on any atom is 0.102 e. The lowest BCUT2D eigenvalue weighted by molar-refractivity contribution is 0.167. The third-order valence-corrected chi connectivity index (χ3v) is 4.63. The van der Waals surface area contributed by atoms with Crippen LogP contribution in [0.3, 0.4) is 0 Å². The maximum absolute atomic E-state index is 10.5. The van der Waals surface area contributed by atoms with Crippen molar-refractivity contribution in [3.05, 3.63) is 46.7 Å². The molecule has 0 bridgehead atoms. The molecule has 0 saturated heterocycles. The number of fused-ring (bicyclic) bond motifs is 1. The van der Waals surface area contributed by atoms with Gasteiger partial charge in [0, 0.05) is 13.0 Å². The number of nitrogens with zero attached hydrogens (tertiary/aromatic N) is 3. The number of para-hydroxylation sites is 1. The van der Waals surface area contributed by atoms with Crippen molar-refractivity contribution in [2.75, 3.05) is 0 Å². The zero-order valence-electron chi connectivity index (χ0n) is 12.3. The van der Waals surface area contributed by atoms with Gasteiger partial charge < -0.3 is 5.11 Å². The maximum atomic E-state index is 10.5. The summed E-state index contributed by atoms with van der Waals surface area (Å²) >= 11 is 1.65. The molecule has 4 nitrogen and oxygen atoms in total. The fourth-order valence-electron chi connectivity index (χ4n) is 2.46. The summed E-state index contributed by atoms with van der Waals surface area (Å²) in [6.07, 6.45) is 0.862. The van der Waals surface area contributed by atoms with Gasteiger partial charge in [0.25, 0.3) is 0 Å². The summed E-state index contributed by atoms with van der Waals surface area (Å²) < 4.78 is 3.05. The molecule has 1 aromatic carbocycles. The van der Waals surface area contributed by atoms with Crippen molar-refractivity contribution in [3.8, 4) is 0 Å². The van der Waals surface area contributed by atoms with Crippen molar-refractivity contribution >= 4 is 21.6 Å². The molecular formula is C16H19N3OS. The molecule has 21 heavy (non-hydrogen) atoms. The SMILES string of the molecule is CCc1cc(C(O)Cc2nc3ccccc3s2)n(CC)n1. The average molecular weight is 301 g/mol. The zero-order valence-corrected chi connectivity index (χ0v) is 13.1. The van der Waals surface area contributed by atoms with Crippen LogP contribution in [-0.2, 0) is 19.4 Å². The van der Waals surface area contributed by atoms with E-state index in [1.165, 1.54) is 0 Å². The van der Waals surface area contributed by atoms with E-state index in [1.807, 2.05) is 35.9 Å². The fourth-order valence-corrected chi connectivity index (χ4v) is 3.46. The van der Waals surface area contributed by atoms with Crippen LogP contribution < -0.4 is 0 Å². The Hall–Kier alpha value is -1.72. The number of rotatable bonds is 5. The number of hydrogen-bond donors (Lipinski definition) is 1. The van der Waals surface area contributed by atoms with Crippen molar-refractivity contribution in [2.24, 2.45) is 0 Å². The van der Waals surface area contributed by atoms with E-state index in [2.05, 4.69) is 23.1 Å². The van der Waals surface area contributed by atoms with Crippen LogP contribution in [0.2, 0.25) is 0 Å². The molecule has 0 spiro atoms. The quantitative estimate of drug-likeness (QED) is 0.786. The third-order valence-electron chi connectivity index (χ3n) is 3.57. The Kier molecular flexibility index (Phi) is 4.03. The Labute approximate surface area is 128 Å². The van der Waals surface area contributed by atoms with Crippen LogP contribution in [0.4, 0.5) is 0 Å². The minimum atomic E-state index is -0.557. The van der Waals surface area contributed by atoms with Crippen LogP contribution in [0.1, 0.15) is 36.3 Å². The summed E-state index contributed by atoms with van der Waals surface area (Å²) in [5, 5.41) is 16.0. The van der Waals surface area contributed by atoms with E-state index in [-0.39, 0.29) is 0 Å². The lowest BCUT2D eigenvalue weighted by Crippen LogP contribution is -2.10. The van der Waals surface area contributed by atoms with Crippen LogP contribution in [0.5, 0.6) is 0 Å². The summed E-state index contributed by atoms with van der Waals surface area (Å²) in [5.74, 6) is 0. The highest BCUT2D eigenvalue weighted by molar-refractivity contribution is 7.18. The smallest absolute Gasteiger partial charge is 0.102 e. The molecule has 0 saturated carbocycles. The first-order valence-corrected chi connectivity index (χ1v) is 8.12. The first-order chi connectivity index (χ1) is 10.2. The topological polar surface area (TPSA) is 50.9 Å². The number of aliphatic hydroxyl groups is 1. The van der Waals surface area contributed by atoms with Gasteiger partial charge in [-0.25, -0.2) is 4.98 Å². The largest absolute Gasteiger partial charge is 0.386 e. The summed E-state index contributed by atoms with van der Waals surface area (Å²) in [7, 11) is 0. The summed E-state index contributed by atoms with van der Waals surface area (Å²) in [6.45, 7) is 4.89. The van der Waals surface area contributed by atoms with Crippen molar-refractivity contribution in [3.63, 3.8) is 0 Å². The Balaban J connectivity index is 1.85. The molecule has 0 aliphatic carbocycles. The Bertz CT molecular complexity index is 714. The van der Waals surface area contributed by atoms with Gasteiger partial charge in [-0.3, -0.25) is 4.68 Å². The van der Waals surface area contributed by atoms with E-state index in [0.717, 1.165) is 39.6 Å². The minimum Gasteiger partial charge on any atom is -0.386 e. The van der Waals surface area contributed by atoms with Gasteiger partial charge in [0.2, 0.25) is 0 Å². The molecular weight excluding hydrogens is 282 g/mol. The van der Waals surface area contributed by atoms with E-state index in [4.69, 9.17) is 0 Å². The molecule has 1 N–H and O–H groups in total. The first kappa shape index (κ1) is 14.2. The Morgan fingerprint density at radius 3 is 2.81 bits per heavy atom. The Morgan fingerprint density at radius 2 is 2.10 bits per heavy atom. The van der Waals surface area contributed by atoms with Crippen LogP contribution in [0.25, 0.3) is 10.2 Å². The molecule has 0 aliphatic rings. The number of benzene rings is 1. The summed E-state index contributed by atoms with van der Waals surface area (Å²) in [6, 6.07) is 10.1. The van der Waals surface area contributed by atoms with Gasteiger partial charge in [0.1, 0.15) is 6.10 Å². The van der Waals surface area contributed by atoms with Gasteiger partial charge in [-0.2, -0.15) is 5.10 Å². The van der Waals surface area contributed by atoms with Gasteiger partial charge in [0.05, 0.1) is 26.6 Å². The van der Waals surface area contributed by atoms with E-state index in [9.17, 15) is 5.11 Å². The van der Waals surface area contributed by atoms with E-state index in [1.54, 1.807) is 11.3 Å². The molecule has 3 rings (SSSR count). The third kappa shape index (κ3) is 2.84. The normalized spacial score (nSPS) is 12.9. The second-order valence-corrected chi connectivity index (χ2v) is 6.14. The number of hydrogen-bond acceptors (Lipinski definition) is 4. The molecule has 0 radical (unpaired) electrons. The molecule has 2 aromatic heterocycles. The zero-order chi connectivity index (χ0) is 14.8. The van der Waals surface area contributed by atoms with Gasteiger partial charge in [-0.15, -0.1) is 11.3 Å². The van der Waals surface area contributed by atoms with Crippen LogP contribution in [0, 0.1) is 0 Å². The van der Waals surface area contributed by atoms with E-state index in [0.29, 0.717) is 6.42 Å². The van der Waals surface area contributed by atoms with E-state index < -0.39 is 6.10 Å². The predicted molar refractivity (Wildman–Crippen MR) is 85.6 cm³/mol. The Morgan fingerprint density at radius 1 is 1.29 bits per heavy atom. The minimum absolute atomic E-state index is 0.536. The van der Waals surface area contributed by atoms with Crippen LogP contribution in [-0.4, -0.2) is 19.9 Å². The standard InChI is InChI=1S/C16H19N3OS/c1-3-11-9-13(19(4-2)18-11)14(20)10-16-17-12-7-5-6-8-15(12)21-16/h5-9,14,20H,3-4,10H2,1-2H3. The summed E-state index contributed by atoms with van der Waals surface area (Å²) in [5.41, 5.74) is 2.91. The molecule has 1 unspecified atom stereocenters. The lowest BCUT2D eigenvalue weighted by Gasteiger charge is -2.10. The van der Waals surface area contributed by atoms with Crippen molar-refractivity contribution < 1.29 is 5.11 Å². The molecule has 0 aliphatic heterocycles. The monoisotopic (exact) mass is 301 g/mol. The second-order valence-electron chi connectivity index (χ2n) is 5.03. The van der Waals surface area contributed by atoms with Crippen LogP contribution in [0.15, 0.2) is 30.3 Å². The molecule has 3 aromatic rings. The van der Waals surface area contributed by atoms with E-state index >= 15 is 0 Å². The van der Waals surface area contributed by atoms with Gasteiger partial charge in [-0.1, -0.05) is 19.1 Å². The molecule has 5 heteroatoms. The second kappa shape index (κ2) is 5.95. The number of aryl methyl sites for hydroxylation is 2. The molecule has 1 atom stereocenters. The molecule has 2 heterocycles. The van der Waals surface area contributed by atoms with Crippen molar-refractivity contribution in [1.29, 1.82) is 0 Å². The van der Waals surface area contributed by atoms with Gasteiger partial charge >= 0.3 is 0 Å². The molecule has 110 valence electrons. The fraction of sp³-hybridized carbons (Fsp3) is 0.375. The number of aliphatic hydroxyl groups excluding tert-OH is 1. The van der Waals surface area contributed by atoms with Crippen molar-refractivity contribution in [2.45, 2.75) is 39.3 Å². The average Bonchev–Trinajstić information content (AvgIpc) is 3.09. The van der Waals surface area contributed by atoms with Gasteiger partial charge in [-0.05, 0) is 31.5 Å². The van der Waals surface area contributed by atoms with Gasteiger partial charge in [0.15, 0.2) is 0 Å². The molecule has 0 fully saturated rings. The highest BCUT2D eigenvalue weighted by Gasteiger charge is 2.17. The highest BCUT2D eigenvalue weighted by Crippen LogP contribution is 2.26. The number of thiazole rings is 1. The lowest BCUT2D eigenvalue weighted by atomic mass is 10.1. The predicted octanol–water partition coefficient (Wildman–Crippen LogP) is 3.35. The first-order valence-electron chi connectivity index (χ1n) is 7.30. The molecule has 0 amide bonds.